The van der Waals surface area contributed by atoms with Crippen molar-refractivity contribution in [2.24, 2.45) is 0 Å². The van der Waals surface area contributed by atoms with Gasteiger partial charge in [-0.1, -0.05) is 113 Å². The summed E-state index contributed by atoms with van der Waals surface area (Å²) in [7, 11) is 0. The van der Waals surface area contributed by atoms with E-state index in [0.29, 0.717) is 0 Å². The minimum absolute atomic E-state index is 0.943. The molecule has 7 aromatic rings. The Morgan fingerprint density at radius 1 is 0.559 bits per heavy atom. The standard InChI is InChI=1S/C31H19BrN2/c32-26-19-27-30(29-25-18-10-8-16-23(25)22-15-7-9-17-24(22)28(26)29)34(21-13-5-2-6-14-21)31(33-27)20-11-3-1-4-12-20/h1-19H. The summed E-state index contributed by atoms with van der Waals surface area (Å²) in [5.41, 5.74) is 4.30. The Morgan fingerprint density at radius 2 is 1.09 bits per heavy atom. The van der Waals surface area contributed by atoms with Crippen LogP contribution in [0.15, 0.2) is 120 Å². The molecule has 2 nitrogen and oxygen atoms in total. The summed E-state index contributed by atoms with van der Waals surface area (Å²) < 4.78 is 3.38. The van der Waals surface area contributed by atoms with Gasteiger partial charge in [-0.2, -0.15) is 0 Å². The van der Waals surface area contributed by atoms with Gasteiger partial charge in [-0.05, 0) is 39.7 Å². The van der Waals surface area contributed by atoms with Crippen molar-refractivity contribution in [3.05, 3.63) is 120 Å². The van der Waals surface area contributed by atoms with Crippen molar-refractivity contribution < 1.29 is 0 Å². The minimum atomic E-state index is 0.943. The van der Waals surface area contributed by atoms with Gasteiger partial charge in [0.25, 0.3) is 0 Å². The highest BCUT2D eigenvalue weighted by molar-refractivity contribution is 9.10. The highest BCUT2D eigenvalue weighted by Crippen LogP contribution is 2.44. The van der Waals surface area contributed by atoms with Crippen molar-refractivity contribution >= 4 is 59.3 Å². The number of hydrogen-bond donors (Lipinski definition) is 0. The number of rotatable bonds is 2. The molecule has 1 heterocycles. The van der Waals surface area contributed by atoms with E-state index in [4.69, 9.17) is 4.98 Å². The molecule has 0 radical (unpaired) electrons. The molecule has 0 saturated carbocycles. The van der Waals surface area contributed by atoms with Gasteiger partial charge in [-0.15, -0.1) is 0 Å². The second-order valence-electron chi connectivity index (χ2n) is 8.54. The largest absolute Gasteiger partial charge is 0.292 e. The zero-order valence-corrected chi connectivity index (χ0v) is 19.8. The average molecular weight is 499 g/mol. The second kappa shape index (κ2) is 7.54. The van der Waals surface area contributed by atoms with Crippen LogP contribution in [0.1, 0.15) is 0 Å². The maximum Gasteiger partial charge on any atom is 0.145 e. The van der Waals surface area contributed by atoms with Crippen molar-refractivity contribution in [2.75, 3.05) is 0 Å². The Bertz CT molecular complexity index is 1850. The molecule has 0 unspecified atom stereocenters. The van der Waals surface area contributed by atoms with Crippen LogP contribution in [0, 0.1) is 0 Å². The second-order valence-corrected chi connectivity index (χ2v) is 9.39. The van der Waals surface area contributed by atoms with E-state index < -0.39 is 0 Å². The van der Waals surface area contributed by atoms with Crippen LogP contribution < -0.4 is 0 Å². The molecule has 0 atom stereocenters. The van der Waals surface area contributed by atoms with Crippen LogP contribution in [0.4, 0.5) is 0 Å². The van der Waals surface area contributed by atoms with E-state index in [9.17, 15) is 0 Å². The van der Waals surface area contributed by atoms with Crippen LogP contribution in [-0.2, 0) is 0 Å². The number of nitrogens with zero attached hydrogens (tertiary/aromatic N) is 2. The van der Waals surface area contributed by atoms with Gasteiger partial charge < -0.3 is 0 Å². The molecular formula is C31H19BrN2. The molecular weight excluding hydrogens is 480 g/mol. The Hall–Kier alpha value is -3.95. The van der Waals surface area contributed by atoms with Crippen molar-refractivity contribution in [1.82, 2.24) is 9.55 Å². The maximum atomic E-state index is 5.19. The number of imidazole rings is 1. The van der Waals surface area contributed by atoms with Crippen LogP contribution in [-0.4, -0.2) is 9.55 Å². The molecule has 0 N–H and O–H groups in total. The quantitative estimate of drug-likeness (QED) is 0.217. The summed E-state index contributed by atoms with van der Waals surface area (Å²) in [4.78, 5) is 5.19. The van der Waals surface area contributed by atoms with E-state index in [-0.39, 0.29) is 0 Å². The van der Waals surface area contributed by atoms with Gasteiger partial charge in [0.05, 0.1) is 11.0 Å². The molecule has 0 aliphatic carbocycles. The fourth-order valence-electron chi connectivity index (χ4n) is 5.21. The highest BCUT2D eigenvalue weighted by Gasteiger charge is 2.21. The molecule has 0 fully saturated rings. The molecule has 34 heavy (non-hydrogen) atoms. The Balaban J connectivity index is 1.80. The normalized spacial score (nSPS) is 11.7. The van der Waals surface area contributed by atoms with Gasteiger partial charge in [0.15, 0.2) is 0 Å². The summed E-state index contributed by atoms with van der Waals surface area (Å²) >= 11 is 3.92. The topological polar surface area (TPSA) is 17.8 Å². The van der Waals surface area contributed by atoms with Crippen LogP contribution in [0.3, 0.4) is 0 Å². The predicted octanol–water partition coefficient (Wildman–Crippen LogP) is 8.91. The third kappa shape index (κ3) is 2.77. The summed E-state index contributed by atoms with van der Waals surface area (Å²) in [5.74, 6) is 0.943. The molecule has 0 saturated heterocycles. The zero-order chi connectivity index (χ0) is 22.6. The monoisotopic (exact) mass is 498 g/mol. The van der Waals surface area contributed by atoms with Crippen molar-refractivity contribution in [3.8, 4) is 17.1 Å². The third-order valence-electron chi connectivity index (χ3n) is 6.62. The molecule has 7 rings (SSSR count). The molecule has 0 bridgehead atoms. The van der Waals surface area contributed by atoms with Gasteiger partial charge in [0.1, 0.15) is 5.82 Å². The van der Waals surface area contributed by atoms with E-state index in [1.54, 1.807) is 0 Å². The fraction of sp³-hybridized carbons (Fsp3) is 0. The van der Waals surface area contributed by atoms with E-state index in [1.807, 2.05) is 6.07 Å². The smallest absolute Gasteiger partial charge is 0.145 e. The summed E-state index contributed by atoms with van der Waals surface area (Å²) in [6.07, 6.45) is 0. The van der Waals surface area contributed by atoms with Gasteiger partial charge in [0, 0.05) is 26.5 Å². The Morgan fingerprint density at radius 3 is 1.74 bits per heavy atom. The van der Waals surface area contributed by atoms with Crippen molar-refractivity contribution in [3.63, 3.8) is 0 Å². The molecule has 0 spiro atoms. The molecule has 6 aromatic carbocycles. The molecule has 3 heteroatoms. The lowest BCUT2D eigenvalue weighted by Crippen LogP contribution is -1.98. The number of para-hydroxylation sites is 1. The van der Waals surface area contributed by atoms with Gasteiger partial charge in [-0.25, -0.2) is 4.98 Å². The fourth-order valence-corrected chi connectivity index (χ4v) is 5.84. The van der Waals surface area contributed by atoms with E-state index >= 15 is 0 Å². The van der Waals surface area contributed by atoms with E-state index in [0.717, 1.165) is 32.6 Å². The molecule has 0 aliphatic rings. The number of benzene rings is 6. The maximum absolute atomic E-state index is 5.19. The van der Waals surface area contributed by atoms with Crippen LogP contribution in [0.25, 0.3) is 60.4 Å². The van der Waals surface area contributed by atoms with Crippen LogP contribution in [0.5, 0.6) is 0 Å². The van der Waals surface area contributed by atoms with Crippen LogP contribution in [0.2, 0.25) is 0 Å². The lowest BCUT2D eigenvalue weighted by molar-refractivity contribution is 1.11. The van der Waals surface area contributed by atoms with Gasteiger partial charge in [0.2, 0.25) is 0 Å². The lowest BCUT2D eigenvalue weighted by Gasteiger charge is -2.15. The predicted molar refractivity (Wildman–Crippen MR) is 147 cm³/mol. The van der Waals surface area contributed by atoms with Gasteiger partial charge in [-0.3, -0.25) is 4.57 Å². The average Bonchev–Trinajstić information content (AvgIpc) is 3.28. The first-order valence-electron chi connectivity index (χ1n) is 11.4. The number of fused-ring (bicyclic) bond motifs is 8. The zero-order valence-electron chi connectivity index (χ0n) is 18.2. The summed E-state index contributed by atoms with van der Waals surface area (Å²) in [5, 5.41) is 7.44. The summed E-state index contributed by atoms with van der Waals surface area (Å²) in [6.45, 7) is 0. The first-order valence-corrected chi connectivity index (χ1v) is 12.2. The Labute approximate surface area is 205 Å². The third-order valence-corrected chi connectivity index (χ3v) is 7.25. The number of halogens is 1. The number of aromatic nitrogens is 2. The molecule has 0 amide bonds. The molecule has 1 aromatic heterocycles. The first kappa shape index (κ1) is 19.5. The van der Waals surface area contributed by atoms with Crippen molar-refractivity contribution in [1.29, 1.82) is 0 Å². The lowest BCUT2D eigenvalue weighted by atomic mass is 9.93. The first-order chi connectivity index (χ1) is 16.8. The minimum Gasteiger partial charge on any atom is -0.292 e. The van der Waals surface area contributed by atoms with E-state index in [2.05, 4.69) is 130 Å². The SMILES string of the molecule is Brc1cc2nc(-c3ccccc3)n(-c3ccccc3)c2c2c3ccccc3c3ccccc3c12. The Kier molecular flexibility index (Phi) is 4.33. The highest BCUT2D eigenvalue weighted by atomic mass is 79.9. The van der Waals surface area contributed by atoms with Crippen molar-refractivity contribution in [2.45, 2.75) is 0 Å². The van der Waals surface area contributed by atoms with Gasteiger partial charge >= 0.3 is 0 Å². The summed E-state index contributed by atoms with van der Waals surface area (Å²) in [6, 6.07) is 40.6. The van der Waals surface area contributed by atoms with E-state index in [1.165, 1.54) is 32.3 Å². The molecule has 0 aliphatic heterocycles. The molecule has 160 valence electrons. The number of hydrogen-bond acceptors (Lipinski definition) is 1. The van der Waals surface area contributed by atoms with Crippen LogP contribution >= 0.6 is 15.9 Å².